The molecule has 0 heterocycles. The molecule has 0 bridgehead atoms. The van der Waals surface area contributed by atoms with Gasteiger partial charge in [-0.05, 0) is 33.7 Å². The smallest absolute Gasteiger partial charge is 0.0487 e. The van der Waals surface area contributed by atoms with Gasteiger partial charge in [0.1, 0.15) is 0 Å². The second-order valence-corrected chi connectivity index (χ2v) is 13.5. The zero-order valence-corrected chi connectivity index (χ0v) is 15.5. The molecular weight excluding hydrogens is 291 g/mol. The molecule has 1 aromatic carbocycles. The summed E-state index contributed by atoms with van der Waals surface area (Å²) in [4.78, 5) is 0. The molecule has 0 atom stereocenters. The molecule has 0 amide bonds. The quantitative estimate of drug-likeness (QED) is 0.480. The molecule has 1 aromatic rings. The van der Waals surface area contributed by atoms with E-state index in [1.165, 1.54) is 22.3 Å². The van der Waals surface area contributed by atoms with Crippen LogP contribution in [0.15, 0.2) is 12.1 Å². The molecule has 19 heavy (non-hydrogen) atoms. The Morgan fingerprint density at radius 3 is 1.63 bits per heavy atom. The molecule has 0 fully saturated rings. The molecule has 0 aliphatic carbocycles. The van der Waals surface area contributed by atoms with Gasteiger partial charge in [-0.3, -0.25) is 0 Å². The SMILES string of the molecule is CC(C)(C)c1cc(CCl)c(C[Si](C)(C)C)c(CCl)c1. The van der Waals surface area contributed by atoms with Crippen LogP contribution in [-0.2, 0) is 23.2 Å². The maximum atomic E-state index is 6.18. The van der Waals surface area contributed by atoms with Gasteiger partial charge in [0.05, 0.1) is 0 Å². The van der Waals surface area contributed by atoms with Crippen molar-refractivity contribution in [2.24, 2.45) is 0 Å². The van der Waals surface area contributed by atoms with Crippen molar-refractivity contribution in [3.05, 3.63) is 34.4 Å². The summed E-state index contributed by atoms with van der Waals surface area (Å²) in [5, 5.41) is 0. The Kier molecular flexibility index (Phi) is 5.57. The van der Waals surface area contributed by atoms with Gasteiger partial charge in [0.15, 0.2) is 0 Å². The van der Waals surface area contributed by atoms with E-state index in [-0.39, 0.29) is 5.41 Å². The zero-order chi connectivity index (χ0) is 14.8. The van der Waals surface area contributed by atoms with E-state index in [2.05, 4.69) is 52.5 Å². The summed E-state index contributed by atoms with van der Waals surface area (Å²) < 4.78 is 0. The van der Waals surface area contributed by atoms with Crippen molar-refractivity contribution in [2.75, 3.05) is 0 Å². The van der Waals surface area contributed by atoms with Crippen molar-refractivity contribution >= 4 is 31.3 Å². The Bertz CT molecular complexity index is 414. The van der Waals surface area contributed by atoms with Crippen molar-refractivity contribution in [1.82, 2.24) is 0 Å². The first-order valence-electron chi connectivity index (χ1n) is 6.85. The molecule has 1 rings (SSSR count). The van der Waals surface area contributed by atoms with Gasteiger partial charge in [-0.2, -0.15) is 0 Å². The Labute approximate surface area is 129 Å². The molecule has 0 aromatic heterocycles. The Morgan fingerprint density at radius 2 is 1.37 bits per heavy atom. The molecule has 0 aliphatic rings. The predicted octanol–water partition coefficient (Wildman–Crippen LogP) is 5.88. The fraction of sp³-hybridized carbons (Fsp3) is 0.625. The molecule has 3 heteroatoms. The van der Waals surface area contributed by atoms with Gasteiger partial charge in [0.25, 0.3) is 0 Å². The minimum atomic E-state index is -1.17. The van der Waals surface area contributed by atoms with Crippen molar-refractivity contribution < 1.29 is 0 Å². The van der Waals surface area contributed by atoms with Crippen LogP contribution in [0.5, 0.6) is 0 Å². The van der Waals surface area contributed by atoms with Crippen LogP contribution in [0.2, 0.25) is 19.6 Å². The van der Waals surface area contributed by atoms with E-state index in [0.717, 1.165) is 6.04 Å². The molecule has 0 nitrogen and oxygen atoms in total. The van der Waals surface area contributed by atoms with E-state index >= 15 is 0 Å². The van der Waals surface area contributed by atoms with Crippen molar-refractivity contribution in [2.45, 2.75) is 63.6 Å². The maximum absolute atomic E-state index is 6.18. The second kappa shape index (κ2) is 6.20. The number of alkyl halides is 2. The molecule has 108 valence electrons. The maximum Gasteiger partial charge on any atom is 0.0487 e. The molecule has 0 saturated heterocycles. The van der Waals surface area contributed by atoms with Gasteiger partial charge >= 0.3 is 0 Å². The Hall–Kier alpha value is 0.0169. The summed E-state index contributed by atoms with van der Waals surface area (Å²) in [6, 6.07) is 5.71. The monoisotopic (exact) mass is 316 g/mol. The topological polar surface area (TPSA) is 0 Å². The number of benzene rings is 1. The minimum Gasteiger partial charge on any atom is -0.122 e. The number of halogens is 2. The summed E-state index contributed by atoms with van der Waals surface area (Å²) in [7, 11) is -1.17. The van der Waals surface area contributed by atoms with Crippen LogP contribution in [0.3, 0.4) is 0 Å². The van der Waals surface area contributed by atoms with Crippen LogP contribution in [0.4, 0.5) is 0 Å². The summed E-state index contributed by atoms with van der Waals surface area (Å²) in [5.41, 5.74) is 5.41. The highest BCUT2D eigenvalue weighted by atomic mass is 35.5. The third-order valence-corrected chi connectivity index (χ3v) is 5.29. The lowest BCUT2D eigenvalue weighted by atomic mass is 9.84. The van der Waals surface area contributed by atoms with Crippen LogP contribution < -0.4 is 0 Å². The van der Waals surface area contributed by atoms with Gasteiger partial charge in [0.2, 0.25) is 0 Å². The van der Waals surface area contributed by atoms with Gasteiger partial charge < -0.3 is 0 Å². The fourth-order valence-electron chi connectivity index (χ4n) is 2.23. The molecule has 0 unspecified atom stereocenters. The highest BCUT2D eigenvalue weighted by Gasteiger charge is 2.22. The first-order chi connectivity index (χ1) is 8.58. The summed E-state index contributed by atoms with van der Waals surface area (Å²) in [6.07, 6.45) is 0. The Morgan fingerprint density at radius 1 is 0.947 bits per heavy atom. The van der Waals surface area contributed by atoms with Crippen molar-refractivity contribution in [3.63, 3.8) is 0 Å². The summed E-state index contributed by atoms with van der Waals surface area (Å²) in [6.45, 7) is 13.9. The number of hydrogen-bond donors (Lipinski definition) is 0. The van der Waals surface area contributed by atoms with E-state index < -0.39 is 8.07 Å². The van der Waals surface area contributed by atoms with Crippen molar-refractivity contribution in [1.29, 1.82) is 0 Å². The zero-order valence-electron chi connectivity index (χ0n) is 13.0. The highest BCUT2D eigenvalue weighted by Crippen LogP contribution is 2.30. The summed E-state index contributed by atoms with van der Waals surface area (Å²) >= 11 is 12.4. The third-order valence-electron chi connectivity index (χ3n) is 3.30. The molecular formula is C16H26Cl2Si. The lowest BCUT2D eigenvalue weighted by molar-refractivity contribution is 0.588. The summed E-state index contributed by atoms with van der Waals surface area (Å²) in [5.74, 6) is 1.15. The molecule has 0 saturated carbocycles. The predicted molar refractivity (Wildman–Crippen MR) is 91.3 cm³/mol. The van der Waals surface area contributed by atoms with Crippen LogP contribution in [0.1, 0.15) is 43.0 Å². The highest BCUT2D eigenvalue weighted by molar-refractivity contribution is 6.75. The van der Waals surface area contributed by atoms with Gasteiger partial charge in [-0.25, -0.2) is 0 Å². The van der Waals surface area contributed by atoms with Gasteiger partial charge in [-0.1, -0.05) is 52.5 Å². The first-order valence-corrected chi connectivity index (χ1v) is 11.6. The van der Waals surface area contributed by atoms with Crippen molar-refractivity contribution in [3.8, 4) is 0 Å². The van der Waals surface area contributed by atoms with Gasteiger partial charge in [-0.15, -0.1) is 23.2 Å². The van der Waals surface area contributed by atoms with E-state index in [0.29, 0.717) is 11.8 Å². The first kappa shape index (κ1) is 17.1. The fourth-order valence-corrected chi connectivity index (χ4v) is 4.22. The second-order valence-electron chi connectivity index (χ2n) is 7.53. The lowest BCUT2D eigenvalue weighted by Gasteiger charge is -2.25. The number of hydrogen-bond acceptors (Lipinski definition) is 0. The largest absolute Gasteiger partial charge is 0.122 e. The van der Waals surface area contributed by atoms with Crippen LogP contribution in [0.25, 0.3) is 0 Å². The third kappa shape index (κ3) is 4.80. The lowest BCUT2D eigenvalue weighted by Crippen LogP contribution is -2.26. The average Bonchev–Trinajstić information content (AvgIpc) is 2.25. The van der Waals surface area contributed by atoms with Crippen LogP contribution in [-0.4, -0.2) is 8.07 Å². The average molecular weight is 317 g/mol. The minimum absolute atomic E-state index is 0.138. The standard InChI is InChI=1S/C16H26Cl2Si/c1-16(2,3)14-7-12(9-17)15(11-19(4,5)6)13(8-14)10-18/h7-8H,9-11H2,1-6H3. The molecule has 0 radical (unpaired) electrons. The van der Waals surface area contributed by atoms with E-state index in [4.69, 9.17) is 23.2 Å². The van der Waals surface area contributed by atoms with Crippen LogP contribution in [0, 0.1) is 0 Å². The molecule has 0 aliphatic heterocycles. The normalized spacial score (nSPS) is 12.8. The molecule has 0 spiro atoms. The van der Waals surface area contributed by atoms with Gasteiger partial charge in [0, 0.05) is 19.8 Å². The number of rotatable bonds is 4. The van der Waals surface area contributed by atoms with E-state index in [1.54, 1.807) is 0 Å². The van der Waals surface area contributed by atoms with E-state index in [9.17, 15) is 0 Å². The Balaban J connectivity index is 3.38. The molecule has 0 N–H and O–H groups in total. The van der Waals surface area contributed by atoms with E-state index in [1.807, 2.05) is 0 Å². The van der Waals surface area contributed by atoms with Crippen LogP contribution >= 0.6 is 23.2 Å².